The maximum atomic E-state index is 12.5. The molecule has 0 saturated carbocycles. The highest BCUT2D eigenvalue weighted by Crippen LogP contribution is 2.23. The molecule has 140 valence electrons. The second kappa shape index (κ2) is 7.52. The van der Waals surface area contributed by atoms with E-state index in [1.165, 1.54) is 0 Å². The molecule has 1 unspecified atom stereocenters. The molecule has 1 atom stereocenters. The maximum Gasteiger partial charge on any atom is 0.322 e. The third-order valence-electron chi connectivity index (χ3n) is 4.92. The maximum absolute atomic E-state index is 12.5. The summed E-state index contributed by atoms with van der Waals surface area (Å²) >= 11 is 0. The minimum Gasteiger partial charge on any atom is -0.321 e. The predicted molar refractivity (Wildman–Crippen MR) is 111 cm³/mol. The van der Waals surface area contributed by atoms with Crippen molar-refractivity contribution in [3.05, 3.63) is 84.9 Å². The van der Waals surface area contributed by atoms with Gasteiger partial charge in [-0.15, -0.1) is 0 Å². The lowest BCUT2D eigenvalue weighted by Crippen LogP contribution is -2.33. The number of nitrogens with zero attached hydrogens (tertiary/aromatic N) is 4. The fraction of sp³-hybridized carbons (Fsp3) is 0.136. The van der Waals surface area contributed by atoms with E-state index in [0.29, 0.717) is 5.69 Å². The number of rotatable bonds is 4. The zero-order chi connectivity index (χ0) is 19.5. The van der Waals surface area contributed by atoms with Crippen molar-refractivity contribution in [1.82, 2.24) is 19.4 Å². The van der Waals surface area contributed by atoms with Crippen molar-refractivity contribution >= 4 is 22.8 Å². The number of para-hydroxylation sites is 2. The molecule has 0 aliphatic carbocycles. The topological polar surface area (TPSA) is 63.1 Å². The molecular formula is C22H21N5O. The summed E-state index contributed by atoms with van der Waals surface area (Å²) in [6, 6.07) is 19.6. The average molecular weight is 371 g/mol. The van der Waals surface area contributed by atoms with Crippen molar-refractivity contribution in [2.24, 2.45) is 0 Å². The molecule has 2 aromatic carbocycles. The van der Waals surface area contributed by atoms with Crippen LogP contribution in [0.5, 0.6) is 0 Å². The lowest BCUT2D eigenvalue weighted by atomic mass is 10.1. The standard InChI is InChI=1S/C22H21N5O/c1-16(26(2)22(28)25-18-6-5-13-23-14-18)17-9-11-19(12-10-17)27-15-24-20-7-3-4-8-21(20)27/h3-16H,1-2H3,(H,25,28). The van der Waals surface area contributed by atoms with E-state index < -0.39 is 0 Å². The third kappa shape index (κ3) is 3.44. The van der Waals surface area contributed by atoms with E-state index >= 15 is 0 Å². The van der Waals surface area contributed by atoms with Crippen molar-refractivity contribution in [1.29, 1.82) is 0 Å². The Balaban J connectivity index is 1.50. The molecule has 2 heterocycles. The fourth-order valence-electron chi connectivity index (χ4n) is 3.13. The number of anilines is 1. The van der Waals surface area contributed by atoms with Gasteiger partial charge in [0.1, 0.15) is 6.33 Å². The van der Waals surface area contributed by atoms with Crippen molar-refractivity contribution in [3.63, 3.8) is 0 Å². The van der Waals surface area contributed by atoms with Crippen molar-refractivity contribution in [3.8, 4) is 5.69 Å². The van der Waals surface area contributed by atoms with Gasteiger partial charge >= 0.3 is 6.03 Å². The Morgan fingerprint density at radius 3 is 2.61 bits per heavy atom. The molecule has 0 radical (unpaired) electrons. The predicted octanol–water partition coefficient (Wildman–Crippen LogP) is 4.65. The molecule has 0 bridgehead atoms. The molecular weight excluding hydrogens is 350 g/mol. The molecule has 4 aromatic rings. The van der Waals surface area contributed by atoms with E-state index in [1.807, 2.05) is 61.8 Å². The summed E-state index contributed by atoms with van der Waals surface area (Å²) in [5.74, 6) is 0. The number of carbonyl (C=O) groups excluding carboxylic acids is 1. The molecule has 0 saturated heterocycles. The van der Waals surface area contributed by atoms with Crippen LogP contribution in [-0.4, -0.2) is 32.5 Å². The third-order valence-corrected chi connectivity index (χ3v) is 4.92. The molecule has 0 spiro atoms. The van der Waals surface area contributed by atoms with Crippen molar-refractivity contribution in [2.75, 3.05) is 12.4 Å². The molecule has 28 heavy (non-hydrogen) atoms. The fourth-order valence-corrected chi connectivity index (χ4v) is 3.13. The molecule has 6 heteroatoms. The molecule has 4 rings (SSSR count). The highest BCUT2D eigenvalue weighted by molar-refractivity contribution is 5.89. The zero-order valence-corrected chi connectivity index (χ0v) is 15.8. The van der Waals surface area contributed by atoms with Crippen molar-refractivity contribution in [2.45, 2.75) is 13.0 Å². The second-order valence-electron chi connectivity index (χ2n) is 6.65. The Bertz CT molecular complexity index is 1090. The number of urea groups is 1. The molecule has 2 amide bonds. The number of nitrogens with one attached hydrogen (secondary N) is 1. The van der Waals surface area contributed by atoms with Crippen LogP contribution in [0.4, 0.5) is 10.5 Å². The summed E-state index contributed by atoms with van der Waals surface area (Å²) in [6.07, 6.45) is 5.13. The summed E-state index contributed by atoms with van der Waals surface area (Å²) < 4.78 is 2.06. The zero-order valence-electron chi connectivity index (χ0n) is 15.8. The van der Waals surface area contributed by atoms with Crippen LogP contribution in [0.25, 0.3) is 16.7 Å². The summed E-state index contributed by atoms with van der Waals surface area (Å²) in [5.41, 5.74) is 4.79. The SMILES string of the molecule is CC(c1ccc(-n2cnc3ccccc32)cc1)N(C)C(=O)Nc1cccnc1. The van der Waals surface area contributed by atoms with Gasteiger partial charge in [-0.25, -0.2) is 9.78 Å². The van der Waals surface area contributed by atoms with Gasteiger partial charge in [0.15, 0.2) is 0 Å². The van der Waals surface area contributed by atoms with Gasteiger partial charge in [-0.2, -0.15) is 0 Å². The van der Waals surface area contributed by atoms with Crippen LogP contribution < -0.4 is 5.32 Å². The quantitative estimate of drug-likeness (QED) is 0.568. The summed E-state index contributed by atoms with van der Waals surface area (Å²) in [6.45, 7) is 2.00. The van der Waals surface area contributed by atoms with Crippen LogP contribution in [0.15, 0.2) is 79.4 Å². The number of fused-ring (bicyclic) bond motifs is 1. The van der Waals surface area contributed by atoms with Gasteiger partial charge in [0.05, 0.1) is 29.0 Å². The number of benzene rings is 2. The first-order valence-corrected chi connectivity index (χ1v) is 9.10. The Morgan fingerprint density at radius 2 is 1.86 bits per heavy atom. The molecule has 1 N–H and O–H groups in total. The monoisotopic (exact) mass is 371 g/mol. The van der Waals surface area contributed by atoms with E-state index in [4.69, 9.17) is 0 Å². The Kier molecular flexibility index (Phi) is 4.76. The van der Waals surface area contributed by atoms with Crippen LogP contribution >= 0.6 is 0 Å². The van der Waals surface area contributed by atoms with E-state index in [2.05, 4.69) is 25.9 Å². The number of imidazole rings is 1. The summed E-state index contributed by atoms with van der Waals surface area (Å²) in [7, 11) is 1.79. The van der Waals surface area contributed by atoms with E-state index in [0.717, 1.165) is 22.3 Å². The Labute approximate surface area is 163 Å². The minimum atomic E-state index is -0.176. The lowest BCUT2D eigenvalue weighted by Gasteiger charge is -2.25. The minimum absolute atomic E-state index is 0.0785. The van der Waals surface area contributed by atoms with Gasteiger partial charge in [-0.3, -0.25) is 9.55 Å². The first-order valence-electron chi connectivity index (χ1n) is 9.10. The summed E-state index contributed by atoms with van der Waals surface area (Å²) in [4.78, 5) is 22.6. The van der Waals surface area contributed by atoms with E-state index in [1.54, 1.807) is 30.4 Å². The smallest absolute Gasteiger partial charge is 0.321 e. The van der Waals surface area contributed by atoms with Crippen LogP contribution in [0, 0.1) is 0 Å². The van der Waals surface area contributed by atoms with Crippen LogP contribution in [0.1, 0.15) is 18.5 Å². The Hall–Kier alpha value is -3.67. The van der Waals surface area contributed by atoms with Crippen LogP contribution in [-0.2, 0) is 0 Å². The number of hydrogen-bond donors (Lipinski definition) is 1. The highest BCUT2D eigenvalue weighted by atomic mass is 16.2. The molecule has 0 aliphatic heterocycles. The van der Waals surface area contributed by atoms with Crippen LogP contribution in [0.2, 0.25) is 0 Å². The second-order valence-corrected chi connectivity index (χ2v) is 6.65. The van der Waals surface area contributed by atoms with Crippen molar-refractivity contribution < 1.29 is 4.79 Å². The average Bonchev–Trinajstić information content (AvgIpc) is 3.17. The van der Waals surface area contributed by atoms with Crippen LogP contribution in [0.3, 0.4) is 0 Å². The Morgan fingerprint density at radius 1 is 1.07 bits per heavy atom. The molecule has 0 fully saturated rings. The van der Waals surface area contributed by atoms with Gasteiger partial charge in [0.25, 0.3) is 0 Å². The molecule has 6 nitrogen and oxygen atoms in total. The van der Waals surface area contributed by atoms with Gasteiger partial charge < -0.3 is 10.2 Å². The normalized spacial score (nSPS) is 11.9. The molecule has 0 aliphatic rings. The molecule has 2 aromatic heterocycles. The number of aromatic nitrogens is 3. The number of hydrogen-bond acceptors (Lipinski definition) is 3. The largest absolute Gasteiger partial charge is 0.322 e. The summed E-state index contributed by atoms with van der Waals surface area (Å²) in [5, 5.41) is 2.86. The number of amides is 2. The first-order chi connectivity index (χ1) is 13.6. The number of pyridine rings is 1. The lowest BCUT2D eigenvalue weighted by molar-refractivity contribution is 0.208. The van der Waals surface area contributed by atoms with Gasteiger partial charge in [-0.1, -0.05) is 24.3 Å². The van der Waals surface area contributed by atoms with E-state index in [-0.39, 0.29) is 12.1 Å². The van der Waals surface area contributed by atoms with Gasteiger partial charge in [0, 0.05) is 18.9 Å². The van der Waals surface area contributed by atoms with Gasteiger partial charge in [-0.05, 0) is 48.9 Å². The van der Waals surface area contributed by atoms with E-state index in [9.17, 15) is 4.79 Å². The first kappa shape index (κ1) is 17.7. The van der Waals surface area contributed by atoms with Gasteiger partial charge in [0.2, 0.25) is 0 Å². The highest BCUT2D eigenvalue weighted by Gasteiger charge is 2.17. The number of carbonyl (C=O) groups is 1.